The second kappa shape index (κ2) is 11.6. The number of para-hydroxylation sites is 1. The molecule has 162 valence electrons. The number of hydrogen-bond acceptors (Lipinski definition) is 5. The van der Waals surface area contributed by atoms with E-state index < -0.39 is 0 Å². The first-order valence-corrected chi connectivity index (χ1v) is 10.6. The van der Waals surface area contributed by atoms with Gasteiger partial charge in [-0.05, 0) is 50.1 Å². The molecule has 30 heavy (non-hydrogen) atoms. The lowest BCUT2D eigenvalue weighted by Crippen LogP contribution is -2.45. The van der Waals surface area contributed by atoms with Gasteiger partial charge in [0.25, 0.3) is 5.91 Å². The predicted molar refractivity (Wildman–Crippen MR) is 117 cm³/mol. The minimum atomic E-state index is -0.112. The maximum atomic E-state index is 12.2. The maximum absolute atomic E-state index is 12.2. The topological polar surface area (TPSA) is 60.0 Å². The number of amides is 1. The molecule has 1 amide bonds. The van der Waals surface area contributed by atoms with E-state index in [-0.39, 0.29) is 12.0 Å². The highest BCUT2D eigenvalue weighted by atomic mass is 16.5. The Morgan fingerprint density at radius 1 is 1.10 bits per heavy atom. The fraction of sp³-hybridized carbons (Fsp3) is 0.458. The summed E-state index contributed by atoms with van der Waals surface area (Å²) in [6, 6.07) is 17.7. The second-order valence-corrected chi connectivity index (χ2v) is 7.60. The van der Waals surface area contributed by atoms with Crippen molar-refractivity contribution in [3.63, 3.8) is 0 Å². The number of methoxy groups -OCH3 is 1. The van der Waals surface area contributed by atoms with Crippen molar-refractivity contribution in [2.24, 2.45) is 0 Å². The molecular formula is C24H32N2O4. The highest BCUT2D eigenvalue weighted by Crippen LogP contribution is 2.21. The molecule has 0 spiro atoms. The molecule has 1 aliphatic heterocycles. The first-order chi connectivity index (χ1) is 14.7. The minimum absolute atomic E-state index is 0.112. The van der Waals surface area contributed by atoms with Crippen molar-refractivity contribution in [2.45, 2.75) is 31.9 Å². The van der Waals surface area contributed by atoms with Gasteiger partial charge in [0.2, 0.25) is 0 Å². The first kappa shape index (κ1) is 22.1. The van der Waals surface area contributed by atoms with Gasteiger partial charge >= 0.3 is 0 Å². The molecule has 1 N–H and O–H groups in total. The fourth-order valence-electron chi connectivity index (χ4n) is 3.55. The Labute approximate surface area is 179 Å². The first-order valence-electron chi connectivity index (χ1n) is 10.6. The van der Waals surface area contributed by atoms with Crippen molar-refractivity contribution in [1.82, 2.24) is 10.2 Å². The van der Waals surface area contributed by atoms with Crippen LogP contribution < -0.4 is 14.8 Å². The van der Waals surface area contributed by atoms with E-state index in [1.54, 1.807) is 13.2 Å². The number of carbonyl (C=O) groups is 1. The summed E-state index contributed by atoms with van der Waals surface area (Å²) in [4.78, 5) is 14.7. The van der Waals surface area contributed by atoms with E-state index in [4.69, 9.17) is 14.2 Å². The molecule has 6 nitrogen and oxygen atoms in total. The van der Waals surface area contributed by atoms with Gasteiger partial charge in [0.1, 0.15) is 24.2 Å². The summed E-state index contributed by atoms with van der Waals surface area (Å²) in [6.45, 7) is 5.81. The molecular weight excluding hydrogens is 380 g/mol. The maximum Gasteiger partial charge on any atom is 0.251 e. The molecule has 1 fully saturated rings. The molecule has 0 aliphatic carbocycles. The zero-order valence-corrected chi connectivity index (χ0v) is 17.9. The van der Waals surface area contributed by atoms with Gasteiger partial charge in [-0.1, -0.05) is 24.3 Å². The van der Waals surface area contributed by atoms with Crippen LogP contribution in [-0.4, -0.2) is 62.9 Å². The molecule has 0 radical (unpaired) electrons. The smallest absolute Gasteiger partial charge is 0.251 e. The molecule has 2 aromatic rings. The second-order valence-electron chi connectivity index (χ2n) is 7.60. The average molecular weight is 413 g/mol. The largest absolute Gasteiger partial charge is 0.492 e. The number of ether oxygens (including phenoxy) is 3. The third-order valence-electron chi connectivity index (χ3n) is 5.33. The van der Waals surface area contributed by atoms with Crippen LogP contribution in [0.1, 0.15) is 30.1 Å². The van der Waals surface area contributed by atoms with Crippen LogP contribution >= 0.6 is 0 Å². The van der Waals surface area contributed by atoms with Crippen LogP contribution in [0.15, 0.2) is 54.6 Å². The summed E-state index contributed by atoms with van der Waals surface area (Å²) in [5.74, 6) is 1.54. The van der Waals surface area contributed by atoms with Crippen LogP contribution in [0.25, 0.3) is 0 Å². The van der Waals surface area contributed by atoms with Gasteiger partial charge in [0, 0.05) is 38.3 Å². The number of hydrogen-bond donors (Lipinski definition) is 1. The van der Waals surface area contributed by atoms with E-state index >= 15 is 0 Å². The van der Waals surface area contributed by atoms with Gasteiger partial charge in [-0.2, -0.15) is 0 Å². The van der Waals surface area contributed by atoms with E-state index in [0.717, 1.165) is 37.4 Å². The van der Waals surface area contributed by atoms with Gasteiger partial charge < -0.3 is 19.5 Å². The third kappa shape index (κ3) is 6.75. The molecule has 1 saturated heterocycles. The lowest BCUT2D eigenvalue weighted by molar-refractivity contribution is 0.0636. The van der Waals surface area contributed by atoms with Crippen LogP contribution in [0.2, 0.25) is 0 Å². The number of nitrogens with zero attached hydrogens (tertiary/aromatic N) is 1. The van der Waals surface area contributed by atoms with Crippen LogP contribution in [0.3, 0.4) is 0 Å². The van der Waals surface area contributed by atoms with Crippen LogP contribution in [-0.2, 0) is 4.74 Å². The SMILES string of the molecule is COCCNC(=O)c1cccc(OC2CCN([C@H](C)COc3ccccc3)CC2)c1. The highest BCUT2D eigenvalue weighted by molar-refractivity contribution is 5.94. The zero-order chi connectivity index (χ0) is 21.2. The molecule has 1 heterocycles. The molecule has 0 aromatic heterocycles. The highest BCUT2D eigenvalue weighted by Gasteiger charge is 2.24. The molecule has 3 rings (SSSR count). The van der Waals surface area contributed by atoms with Crippen molar-refractivity contribution in [2.75, 3.05) is 40.0 Å². The molecule has 2 aromatic carbocycles. The van der Waals surface area contributed by atoms with E-state index in [2.05, 4.69) is 17.1 Å². The van der Waals surface area contributed by atoms with Crippen molar-refractivity contribution in [3.8, 4) is 11.5 Å². The van der Waals surface area contributed by atoms with E-state index in [9.17, 15) is 4.79 Å². The van der Waals surface area contributed by atoms with Crippen LogP contribution in [0.5, 0.6) is 11.5 Å². The molecule has 0 bridgehead atoms. The molecule has 1 atom stereocenters. The summed E-state index contributed by atoms with van der Waals surface area (Å²) >= 11 is 0. The summed E-state index contributed by atoms with van der Waals surface area (Å²) in [6.07, 6.45) is 2.08. The number of carbonyl (C=O) groups excluding carboxylic acids is 1. The Balaban J connectivity index is 1.43. The summed E-state index contributed by atoms with van der Waals surface area (Å²) in [5, 5.41) is 2.83. The van der Waals surface area contributed by atoms with Crippen molar-refractivity contribution in [1.29, 1.82) is 0 Å². The van der Waals surface area contributed by atoms with Gasteiger partial charge in [-0.3, -0.25) is 9.69 Å². The molecule has 1 aliphatic rings. The molecule has 0 saturated carbocycles. The third-order valence-corrected chi connectivity index (χ3v) is 5.33. The van der Waals surface area contributed by atoms with E-state index in [0.29, 0.717) is 31.4 Å². The number of piperidine rings is 1. The predicted octanol–water partition coefficient (Wildman–Crippen LogP) is 3.37. The zero-order valence-electron chi connectivity index (χ0n) is 17.9. The average Bonchev–Trinajstić information content (AvgIpc) is 2.79. The normalized spacial score (nSPS) is 16.1. The van der Waals surface area contributed by atoms with E-state index in [1.807, 2.05) is 48.5 Å². The van der Waals surface area contributed by atoms with Crippen molar-refractivity contribution < 1.29 is 19.0 Å². The van der Waals surface area contributed by atoms with Gasteiger partial charge in [-0.15, -0.1) is 0 Å². The Hall–Kier alpha value is -2.57. The van der Waals surface area contributed by atoms with Crippen LogP contribution in [0.4, 0.5) is 0 Å². The van der Waals surface area contributed by atoms with Crippen LogP contribution in [0, 0.1) is 0 Å². The van der Waals surface area contributed by atoms with Gasteiger partial charge in [0.15, 0.2) is 0 Å². The van der Waals surface area contributed by atoms with Crippen molar-refractivity contribution >= 4 is 5.91 Å². The minimum Gasteiger partial charge on any atom is -0.492 e. The number of nitrogens with one attached hydrogen (secondary N) is 1. The number of benzene rings is 2. The Morgan fingerprint density at radius 3 is 2.57 bits per heavy atom. The van der Waals surface area contributed by atoms with E-state index in [1.165, 1.54) is 0 Å². The Kier molecular flexibility index (Phi) is 8.53. The Morgan fingerprint density at radius 2 is 1.83 bits per heavy atom. The lowest BCUT2D eigenvalue weighted by atomic mass is 10.1. The molecule has 0 unspecified atom stereocenters. The summed E-state index contributed by atoms with van der Waals surface area (Å²) < 4.78 is 17.0. The Bertz CT molecular complexity index is 776. The lowest BCUT2D eigenvalue weighted by Gasteiger charge is -2.35. The standard InChI is InChI=1S/C24H32N2O4/c1-19(18-29-21-8-4-3-5-9-21)26-14-11-22(12-15-26)30-23-10-6-7-20(17-23)24(27)25-13-16-28-2/h3-10,17,19,22H,11-16,18H2,1-2H3,(H,25,27)/t19-/m1/s1. The quantitative estimate of drug-likeness (QED) is 0.607. The monoisotopic (exact) mass is 412 g/mol. The van der Waals surface area contributed by atoms with Gasteiger partial charge in [-0.25, -0.2) is 0 Å². The van der Waals surface area contributed by atoms with Crippen molar-refractivity contribution in [3.05, 3.63) is 60.2 Å². The summed E-state index contributed by atoms with van der Waals surface area (Å²) in [5.41, 5.74) is 0.604. The fourth-order valence-corrected chi connectivity index (χ4v) is 3.55. The van der Waals surface area contributed by atoms with Gasteiger partial charge in [0.05, 0.1) is 6.61 Å². The number of rotatable bonds is 10. The summed E-state index contributed by atoms with van der Waals surface area (Å²) in [7, 11) is 1.61. The molecule has 6 heteroatoms. The number of likely N-dealkylation sites (tertiary alicyclic amines) is 1.